The van der Waals surface area contributed by atoms with Crippen LogP contribution in [0.15, 0.2) is 34.9 Å². The van der Waals surface area contributed by atoms with E-state index in [4.69, 9.17) is 4.52 Å². The van der Waals surface area contributed by atoms with Gasteiger partial charge in [0.1, 0.15) is 5.76 Å². The molecule has 1 aromatic heterocycles. The first-order valence-corrected chi connectivity index (χ1v) is 8.42. The van der Waals surface area contributed by atoms with E-state index in [1.807, 2.05) is 19.1 Å². The van der Waals surface area contributed by atoms with Crippen LogP contribution < -0.4 is 15.5 Å². The molecule has 0 atom stereocenters. The van der Waals surface area contributed by atoms with E-state index in [1.165, 1.54) is 18.5 Å². The van der Waals surface area contributed by atoms with E-state index in [2.05, 4.69) is 39.7 Å². The van der Waals surface area contributed by atoms with Crippen molar-refractivity contribution in [3.8, 4) is 0 Å². The fourth-order valence-corrected chi connectivity index (χ4v) is 2.85. The number of aryl methyl sites for hydroxylation is 1. The van der Waals surface area contributed by atoms with Crippen LogP contribution in [0.2, 0.25) is 0 Å². The molecule has 0 spiro atoms. The predicted octanol–water partition coefficient (Wildman–Crippen LogP) is 3.27. The highest BCUT2D eigenvalue weighted by atomic mass is 16.5. The fraction of sp³-hybridized carbons (Fsp3) is 0.444. The maximum atomic E-state index is 12.0. The number of carbonyl (C=O) groups excluding carboxylic acids is 1. The number of rotatable bonds is 5. The SMILES string of the molecule is Cc1cc(NCC(=O)Nc2ccc(N3CCC(C)CC3)cc2)no1. The van der Waals surface area contributed by atoms with Crippen molar-refractivity contribution >= 4 is 23.1 Å². The van der Waals surface area contributed by atoms with Crippen LogP contribution in [0.4, 0.5) is 17.2 Å². The summed E-state index contributed by atoms with van der Waals surface area (Å²) in [6.07, 6.45) is 2.48. The number of hydrogen-bond donors (Lipinski definition) is 2. The summed E-state index contributed by atoms with van der Waals surface area (Å²) in [6, 6.07) is 9.79. The van der Waals surface area contributed by atoms with Gasteiger partial charge in [0.25, 0.3) is 0 Å². The van der Waals surface area contributed by atoms with E-state index in [-0.39, 0.29) is 12.5 Å². The zero-order chi connectivity index (χ0) is 16.9. The number of piperidine rings is 1. The largest absolute Gasteiger partial charge is 0.372 e. The Morgan fingerprint density at radius 1 is 1.29 bits per heavy atom. The van der Waals surface area contributed by atoms with Gasteiger partial charge in [0.15, 0.2) is 5.82 Å². The summed E-state index contributed by atoms with van der Waals surface area (Å²) in [5.74, 6) is 1.98. The molecule has 128 valence electrons. The number of carbonyl (C=O) groups is 1. The molecular weight excluding hydrogens is 304 g/mol. The lowest BCUT2D eigenvalue weighted by molar-refractivity contribution is -0.114. The van der Waals surface area contributed by atoms with Gasteiger partial charge in [-0.3, -0.25) is 4.79 Å². The Morgan fingerprint density at radius 3 is 2.62 bits per heavy atom. The molecule has 1 saturated heterocycles. The summed E-state index contributed by atoms with van der Waals surface area (Å²) in [5, 5.41) is 9.60. The molecule has 6 heteroatoms. The molecule has 1 amide bonds. The third kappa shape index (κ3) is 4.28. The molecular formula is C18H24N4O2. The maximum absolute atomic E-state index is 12.0. The van der Waals surface area contributed by atoms with Crippen molar-refractivity contribution < 1.29 is 9.32 Å². The number of nitrogens with one attached hydrogen (secondary N) is 2. The van der Waals surface area contributed by atoms with Gasteiger partial charge in [-0.15, -0.1) is 0 Å². The summed E-state index contributed by atoms with van der Waals surface area (Å²) in [7, 11) is 0. The minimum absolute atomic E-state index is 0.116. The normalized spacial score (nSPS) is 15.3. The number of anilines is 3. The minimum Gasteiger partial charge on any atom is -0.372 e. The Bertz CT molecular complexity index is 673. The summed E-state index contributed by atoms with van der Waals surface area (Å²) in [6.45, 7) is 6.48. The van der Waals surface area contributed by atoms with Gasteiger partial charge in [-0.25, -0.2) is 0 Å². The number of aromatic nitrogens is 1. The molecule has 0 aliphatic carbocycles. The maximum Gasteiger partial charge on any atom is 0.243 e. The van der Waals surface area contributed by atoms with Crippen LogP contribution in [-0.2, 0) is 4.79 Å². The van der Waals surface area contributed by atoms with E-state index in [1.54, 1.807) is 6.07 Å². The van der Waals surface area contributed by atoms with Crippen molar-refractivity contribution in [2.75, 3.05) is 35.2 Å². The molecule has 2 N–H and O–H groups in total. The first kappa shape index (κ1) is 16.4. The molecule has 0 bridgehead atoms. The Balaban J connectivity index is 1.49. The highest BCUT2D eigenvalue weighted by Crippen LogP contribution is 2.24. The predicted molar refractivity (Wildman–Crippen MR) is 95.4 cm³/mol. The molecule has 0 unspecified atom stereocenters. The van der Waals surface area contributed by atoms with Gasteiger partial charge in [-0.2, -0.15) is 0 Å². The van der Waals surface area contributed by atoms with Crippen molar-refractivity contribution in [3.05, 3.63) is 36.1 Å². The molecule has 1 fully saturated rings. The van der Waals surface area contributed by atoms with Crippen LogP contribution in [0, 0.1) is 12.8 Å². The highest BCUT2D eigenvalue weighted by Gasteiger charge is 2.15. The van der Waals surface area contributed by atoms with E-state index in [0.717, 1.165) is 24.7 Å². The van der Waals surface area contributed by atoms with Crippen molar-refractivity contribution in [3.63, 3.8) is 0 Å². The van der Waals surface area contributed by atoms with E-state index >= 15 is 0 Å². The minimum atomic E-state index is -0.116. The zero-order valence-electron chi connectivity index (χ0n) is 14.2. The molecule has 2 heterocycles. The Kier molecular flexibility index (Phi) is 5.03. The van der Waals surface area contributed by atoms with Crippen molar-refractivity contribution in [1.29, 1.82) is 0 Å². The molecule has 24 heavy (non-hydrogen) atoms. The van der Waals surface area contributed by atoms with Crippen molar-refractivity contribution in [1.82, 2.24) is 5.16 Å². The van der Waals surface area contributed by atoms with Crippen molar-refractivity contribution in [2.24, 2.45) is 5.92 Å². The van der Waals surface area contributed by atoms with Gasteiger partial charge in [-0.1, -0.05) is 12.1 Å². The summed E-state index contributed by atoms with van der Waals surface area (Å²) < 4.78 is 4.94. The lowest BCUT2D eigenvalue weighted by Gasteiger charge is -2.32. The molecule has 3 rings (SSSR count). The second kappa shape index (κ2) is 7.38. The van der Waals surface area contributed by atoms with Crippen LogP contribution in [0.1, 0.15) is 25.5 Å². The number of benzene rings is 1. The summed E-state index contributed by atoms with van der Waals surface area (Å²) in [4.78, 5) is 14.4. The highest BCUT2D eigenvalue weighted by molar-refractivity contribution is 5.93. The standard InChI is InChI=1S/C18H24N4O2/c1-13-7-9-22(10-8-13)16-5-3-15(4-6-16)20-18(23)12-19-17-11-14(2)24-21-17/h3-6,11,13H,7-10,12H2,1-2H3,(H,19,21)(H,20,23). The zero-order valence-corrected chi connectivity index (χ0v) is 14.2. The lowest BCUT2D eigenvalue weighted by atomic mass is 9.99. The molecule has 0 saturated carbocycles. The van der Waals surface area contributed by atoms with E-state index in [9.17, 15) is 4.79 Å². The molecule has 1 aliphatic heterocycles. The second-order valence-electron chi connectivity index (χ2n) is 6.44. The van der Waals surface area contributed by atoms with Crippen LogP contribution in [0.5, 0.6) is 0 Å². The van der Waals surface area contributed by atoms with Crippen LogP contribution in [-0.4, -0.2) is 30.7 Å². The van der Waals surface area contributed by atoms with Crippen LogP contribution >= 0.6 is 0 Å². The molecule has 2 aromatic rings. The average Bonchev–Trinajstić information content (AvgIpc) is 3.00. The molecule has 1 aliphatic rings. The number of nitrogens with zero attached hydrogens (tertiary/aromatic N) is 2. The summed E-state index contributed by atoms with van der Waals surface area (Å²) >= 11 is 0. The van der Waals surface area contributed by atoms with Gasteiger partial charge in [-0.05, 0) is 49.9 Å². The topological polar surface area (TPSA) is 70.4 Å². The Morgan fingerprint density at radius 2 is 2.00 bits per heavy atom. The van der Waals surface area contributed by atoms with Gasteiger partial charge in [0.2, 0.25) is 5.91 Å². The number of hydrogen-bond acceptors (Lipinski definition) is 5. The third-order valence-electron chi connectivity index (χ3n) is 4.36. The van der Waals surface area contributed by atoms with Crippen molar-refractivity contribution in [2.45, 2.75) is 26.7 Å². The monoisotopic (exact) mass is 328 g/mol. The first-order chi connectivity index (χ1) is 11.6. The summed E-state index contributed by atoms with van der Waals surface area (Å²) in [5.41, 5.74) is 2.02. The Hall–Kier alpha value is -2.50. The smallest absolute Gasteiger partial charge is 0.243 e. The fourth-order valence-electron chi connectivity index (χ4n) is 2.85. The van der Waals surface area contributed by atoms with Gasteiger partial charge >= 0.3 is 0 Å². The third-order valence-corrected chi connectivity index (χ3v) is 4.36. The first-order valence-electron chi connectivity index (χ1n) is 8.42. The van der Waals surface area contributed by atoms with Gasteiger partial charge in [0, 0.05) is 30.5 Å². The lowest BCUT2D eigenvalue weighted by Crippen LogP contribution is -2.32. The molecule has 6 nitrogen and oxygen atoms in total. The van der Waals surface area contributed by atoms with Crippen LogP contribution in [0.25, 0.3) is 0 Å². The second-order valence-corrected chi connectivity index (χ2v) is 6.44. The van der Waals surface area contributed by atoms with E-state index in [0.29, 0.717) is 11.6 Å². The van der Waals surface area contributed by atoms with Gasteiger partial charge < -0.3 is 20.1 Å². The number of amides is 1. The van der Waals surface area contributed by atoms with Crippen LogP contribution in [0.3, 0.4) is 0 Å². The molecule has 1 aromatic carbocycles. The van der Waals surface area contributed by atoms with Gasteiger partial charge in [0.05, 0.1) is 6.54 Å². The quantitative estimate of drug-likeness (QED) is 0.881. The average molecular weight is 328 g/mol. The molecule has 0 radical (unpaired) electrons. The van der Waals surface area contributed by atoms with E-state index < -0.39 is 0 Å². The Labute approximate surface area is 142 Å².